The molecule has 100 valence electrons. The Balaban J connectivity index is 1.83. The van der Waals surface area contributed by atoms with Crippen molar-refractivity contribution in [3.05, 3.63) is 30.2 Å². The highest BCUT2D eigenvalue weighted by molar-refractivity contribution is 5.55. The Morgan fingerprint density at radius 3 is 2.68 bits per heavy atom. The quantitative estimate of drug-likeness (QED) is 0.915. The van der Waals surface area contributed by atoms with Gasteiger partial charge in [-0.1, -0.05) is 11.6 Å². The van der Waals surface area contributed by atoms with Crippen LogP contribution in [0.1, 0.15) is 31.1 Å². The molecule has 1 fully saturated rings. The lowest BCUT2D eigenvalue weighted by Gasteiger charge is -2.08. The molecule has 0 radical (unpaired) electrons. The van der Waals surface area contributed by atoms with E-state index in [-0.39, 0.29) is 12.0 Å². The fourth-order valence-corrected chi connectivity index (χ4v) is 2.54. The number of hydrogen-bond donors (Lipinski definition) is 1. The summed E-state index contributed by atoms with van der Waals surface area (Å²) in [7, 11) is 1.64. The topological polar surface area (TPSA) is 74.2 Å². The van der Waals surface area contributed by atoms with Crippen LogP contribution < -0.4 is 10.5 Å². The molecule has 2 aromatic rings. The molecule has 2 atom stereocenters. The lowest BCUT2D eigenvalue weighted by Crippen LogP contribution is -2.22. The fraction of sp³-hybridized carbons (Fsp3) is 0.429. The van der Waals surface area contributed by atoms with Crippen LogP contribution in [0.15, 0.2) is 28.8 Å². The van der Waals surface area contributed by atoms with Crippen molar-refractivity contribution in [1.29, 1.82) is 0 Å². The normalized spacial score (nSPS) is 22.6. The average Bonchev–Trinajstić information content (AvgIpc) is 3.07. The third kappa shape index (κ3) is 2.33. The van der Waals surface area contributed by atoms with Crippen LogP contribution in [0.2, 0.25) is 0 Å². The zero-order valence-electron chi connectivity index (χ0n) is 10.9. The molecule has 3 rings (SSSR count). The Morgan fingerprint density at radius 2 is 2.05 bits per heavy atom. The Morgan fingerprint density at radius 1 is 1.26 bits per heavy atom. The van der Waals surface area contributed by atoms with E-state index in [1.807, 2.05) is 24.3 Å². The van der Waals surface area contributed by atoms with E-state index in [2.05, 4.69) is 10.1 Å². The van der Waals surface area contributed by atoms with E-state index in [9.17, 15) is 0 Å². The Hall–Kier alpha value is -1.88. The Kier molecular flexibility index (Phi) is 3.21. The second-order valence-corrected chi connectivity index (χ2v) is 4.89. The highest BCUT2D eigenvalue weighted by Crippen LogP contribution is 2.33. The number of nitrogens with two attached hydrogens (primary N) is 1. The molecule has 0 spiro atoms. The second kappa shape index (κ2) is 5.01. The van der Waals surface area contributed by atoms with Gasteiger partial charge in [0.15, 0.2) is 0 Å². The van der Waals surface area contributed by atoms with Gasteiger partial charge in [0.2, 0.25) is 11.7 Å². The molecule has 1 aliphatic rings. The first-order valence-corrected chi connectivity index (χ1v) is 6.51. The first-order chi connectivity index (χ1) is 9.28. The predicted octanol–water partition coefficient (Wildman–Crippen LogP) is 2.34. The molecule has 19 heavy (non-hydrogen) atoms. The number of benzene rings is 1. The summed E-state index contributed by atoms with van der Waals surface area (Å²) in [4.78, 5) is 4.47. The van der Waals surface area contributed by atoms with E-state index in [0.717, 1.165) is 30.6 Å². The molecular formula is C14H17N3O2. The van der Waals surface area contributed by atoms with Gasteiger partial charge in [-0.3, -0.25) is 0 Å². The summed E-state index contributed by atoms with van der Waals surface area (Å²) in [5, 5.41) is 4.04. The molecule has 2 N–H and O–H groups in total. The Labute approximate surface area is 111 Å². The van der Waals surface area contributed by atoms with Crippen molar-refractivity contribution in [2.75, 3.05) is 7.11 Å². The molecule has 0 saturated heterocycles. The van der Waals surface area contributed by atoms with E-state index in [1.54, 1.807) is 7.11 Å². The smallest absolute Gasteiger partial charge is 0.231 e. The maximum absolute atomic E-state index is 6.05. The van der Waals surface area contributed by atoms with Crippen molar-refractivity contribution in [3.8, 4) is 17.1 Å². The van der Waals surface area contributed by atoms with Crippen molar-refractivity contribution in [3.63, 3.8) is 0 Å². The third-order valence-electron chi connectivity index (χ3n) is 3.68. The molecule has 2 unspecified atom stereocenters. The van der Waals surface area contributed by atoms with E-state index in [4.69, 9.17) is 15.0 Å². The number of nitrogens with zero attached hydrogens (tertiary/aromatic N) is 2. The molecule has 1 aromatic heterocycles. The summed E-state index contributed by atoms with van der Waals surface area (Å²) in [5.41, 5.74) is 6.97. The minimum absolute atomic E-state index is 0.143. The molecule has 1 aromatic carbocycles. The second-order valence-electron chi connectivity index (χ2n) is 4.89. The van der Waals surface area contributed by atoms with Gasteiger partial charge in [-0.15, -0.1) is 0 Å². The summed E-state index contributed by atoms with van der Waals surface area (Å²) >= 11 is 0. The summed E-state index contributed by atoms with van der Waals surface area (Å²) in [6.45, 7) is 0. The first-order valence-electron chi connectivity index (χ1n) is 6.51. The minimum Gasteiger partial charge on any atom is -0.497 e. The highest BCUT2D eigenvalue weighted by Gasteiger charge is 2.30. The average molecular weight is 259 g/mol. The molecule has 0 bridgehead atoms. The van der Waals surface area contributed by atoms with Crippen molar-refractivity contribution in [2.45, 2.75) is 31.2 Å². The van der Waals surface area contributed by atoms with Crippen LogP contribution in [0.4, 0.5) is 0 Å². The van der Waals surface area contributed by atoms with Crippen molar-refractivity contribution >= 4 is 0 Å². The largest absolute Gasteiger partial charge is 0.497 e. The van der Waals surface area contributed by atoms with Gasteiger partial charge in [0.25, 0.3) is 0 Å². The predicted molar refractivity (Wildman–Crippen MR) is 70.9 cm³/mol. The highest BCUT2D eigenvalue weighted by atomic mass is 16.5. The number of rotatable bonds is 3. The molecule has 0 amide bonds. The van der Waals surface area contributed by atoms with Gasteiger partial charge >= 0.3 is 0 Å². The van der Waals surface area contributed by atoms with Gasteiger partial charge in [0, 0.05) is 11.6 Å². The van der Waals surface area contributed by atoms with Gasteiger partial charge in [0.05, 0.1) is 13.0 Å². The number of hydrogen-bond acceptors (Lipinski definition) is 5. The van der Waals surface area contributed by atoms with Gasteiger partial charge in [-0.2, -0.15) is 4.98 Å². The van der Waals surface area contributed by atoms with Crippen LogP contribution in [0.25, 0.3) is 11.4 Å². The first kappa shape index (κ1) is 12.2. The van der Waals surface area contributed by atoms with Crippen LogP contribution >= 0.6 is 0 Å². The molecule has 1 saturated carbocycles. The standard InChI is InChI=1S/C14H17N3O2/c1-18-10-7-5-9(6-8-10)13-16-14(19-17-13)11-3-2-4-12(11)15/h5-8,11-12H,2-4,15H2,1H3. The van der Waals surface area contributed by atoms with Crippen molar-refractivity contribution in [2.24, 2.45) is 5.73 Å². The summed E-state index contributed by atoms with van der Waals surface area (Å²) in [6, 6.07) is 7.74. The molecule has 0 aliphatic heterocycles. The minimum atomic E-state index is 0.143. The number of ether oxygens (including phenoxy) is 1. The van der Waals surface area contributed by atoms with E-state index >= 15 is 0 Å². The van der Waals surface area contributed by atoms with Crippen LogP contribution in [0, 0.1) is 0 Å². The van der Waals surface area contributed by atoms with Gasteiger partial charge in [-0.25, -0.2) is 0 Å². The van der Waals surface area contributed by atoms with E-state index in [0.29, 0.717) is 11.7 Å². The van der Waals surface area contributed by atoms with Crippen molar-refractivity contribution in [1.82, 2.24) is 10.1 Å². The van der Waals surface area contributed by atoms with Crippen LogP contribution in [0.3, 0.4) is 0 Å². The molecule has 1 aliphatic carbocycles. The zero-order valence-corrected chi connectivity index (χ0v) is 10.9. The molecular weight excluding hydrogens is 242 g/mol. The van der Waals surface area contributed by atoms with Crippen molar-refractivity contribution < 1.29 is 9.26 Å². The van der Waals surface area contributed by atoms with Crippen LogP contribution in [0.5, 0.6) is 5.75 Å². The van der Waals surface area contributed by atoms with Crippen LogP contribution in [-0.2, 0) is 0 Å². The van der Waals surface area contributed by atoms with E-state index < -0.39 is 0 Å². The Bertz CT molecular complexity index is 550. The monoisotopic (exact) mass is 259 g/mol. The summed E-state index contributed by atoms with van der Waals surface area (Å²) < 4.78 is 10.5. The fourth-order valence-electron chi connectivity index (χ4n) is 2.54. The maximum Gasteiger partial charge on any atom is 0.231 e. The van der Waals surface area contributed by atoms with E-state index in [1.165, 1.54) is 0 Å². The van der Waals surface area contributed by atoms with Gasteiger partial charge < -0.3 is 15.0 Å². The number of methoxy groups -OCH3 is 1. The molecule has 5 nitrogen and oxygen atoms in total. The summed E-state index contributed by atoms with van der Waals surface area (Å²) in [5.74, 6) is 2.29. The van der Waals surface area contributed by atoms with Crippen LogP contribution in [-0.4, -0.2) is 23.3 Å². The lowest BCUT2D eigenvalue weighted by atomic mass is 10.1. The number of aromatic nitrogens is 2. The molecule has 5 heteroatoms. The maximum atomic E-state index is 6.05. The van der Waals surface area contributed by atoms with Gasteiger partial charge in [-0.05, 0) is 37.1 Å². The third-order valence-corrected chi connectivity index (χ3v) is 3.68. The zero-order chi connectivity index (χ0) is 13.2. The summed E-state index contributed by atoms with van der Waals surface area (Å²) in [6.07, 6.45) is 3.20. The lowest BCUT2D eigenvalue weighted by molar-refractivity contribution is 0.345. The van der Waals surface area contributed by atoms with Gasteiger partial charge in [0.1, 0.15) is 5.75 Å². The molecule has 1 heterocycles. The SMILES string of the molecule is COc1ccc(-c2noc(C3CCCC3N)n2)cc1.